The Hall–Kier alpha value is -1.38. The highest BCUT2D eigenvalue weighted by atomic mass is 19.1. The molecule has 0 heterocycles. The van der Waals surface area contributed by atoms with Crippen molar-refractivity contribution in [2.45, 2.75) is 123 Å². The van der Waals surface area contributed by atoms with Gasteiger partial charge in [0.2, 0.25) is 0 Å². The van der Waals surface area contributed by atoms with Crippen LogP contribution >= 0.6 is 0 Å². The van der Waals surface area contributed by atoms with E-state index < -0.39 is 0 Å². The minimum absolute atomic E-state index is 0.225. The van der Waals surface area contributed by atoms with E-state index in [4.69, 9.17) is 4.74 Å². The largest absolute Gasteiger partial charge is 0.426 e. The van der Waals surface area contributed by atoms with Gasteiger partial charge in [0.05, 0.1) is 0 Å². The molecule has 0 spiro atoms. The van der Waals surface area contributed by atoms with Crippen molar-refractivity contribution in [3.8, 4) is 5.75 Å². The van der Waals surface area contributed by atoms with Crippen LogP contribution in [0.5, 0.6) is 5.75 Å². The summed E-state index contributed by atoms with van der Waals surface area (Å²) in [4.78, 5) is 12.3. The summed E-state index contributed by atoms with van der Waals surface area (Å²) in [7, 11) is 0. The summed E-state index contributed by atoms with van der Waals surface area (Å²) in [5, 5.41) is 0. The second kappa shape index (κ2) is 14.1. The zero-order chi connectivity index (χ0) is 23.5. The van der Waals surface area contributed by atoms with E-state index in [0.29, 0.717) is 30.1 Å². The van der Waals surface area contributed by atoms with Crippen LogP contribution < -0.4 is 4.74 Å². The molecule has 2 fully saturated rings. The fraction of sp³-hybridized carbons (Fsp3) is 0.767. The third-order valence-electron chi connectivity index (χ3n) is 8.45. The Balaban J connectivity index is 1.30. The van der Waals surface area contributed by atoms with E-state index in [1.807, 2.05) is 6.92 Å². The summed E-state index contributed by atoms with van der Waals surface area (Å²) < 4.78 is 19.5. The van der Waals surface area contributed by atoms with Crippen LogP contribution in [-0.2, 0) is 11.2 Å². The van der Waals surface area contributed by atoms with Gasteiger partial charge in [0.25, 0.3) is 0 Å². The van der Waals surface area contributed by atoms with Crippen LogP contribution in [-0.4, -0.2) is 5.97 Å². The fourth-order valence-corrected chi connectivity index (χ4v) is 6.32. The van der Waals surface area contributed by atoms with Crippen molar-refractivity contribution in [3.05, 3.63) is 29.6 Å². The van der Waals surface area contributed by atoms with E-state index in [2.05, 4.69) is 6.92 Å². The number of carbonyl (C=O) groups excluding carboxylic acids is 1. The van der Waals surface area contributed by atoms with Crippen LogP contribution in [0.1, 0.15) is 122 Å². The van der Waals surface area contributed by atoms with Crippen LogP contribution in [0.3, 0.4) is 0 Å². The quantitative estimate of drug-likeness (QED) is 0.177. The molecule has 33 heavy (non-hydrogen) atoms. The first-order chi connectivity index (χ1) is 16.1. The average Bonchev–Trinajstić information content (AvgIpc) is 2.83. The minimum Gasteiger partial charge on any atom is -0.426 e. The maximum absolute atomic E-state index is 14.1. The molecular formula is C30H47FO2. The Morgan fingerprint density at radius 1 is 0.848 bits per heavy atom. The first-order valence-corrected chi connectivity index (χ1v) is 14.1. The van der Waals surface area contributed by atoms with Gasteiger partial charge >= 0.3 is 5.97 Å². The Kier molecular flexibility index (Phi) is 11.2. The van der Waals surface area contributed by atoms with E-state index in [1.54, 1.807) is 12.1 Å². The maximum Gasteiger partial charge on any atom is 0.311 e. The molecule has 0 atom stereocenters. The Bertz CT molecular complexity index is 699. The first kappa shape index (κ1) is 26.2. The molecule has 0 aromatic heterocycles. The molecule has 1 aromatic carbocycles. The van der Waals surface area contributed by atoms with Gasteiger partial charge < -0.3 is 4.74 Å². The molecule has 0 amide bonds. The van der Waals surface area contributed by atoms with E-state index in [-0.39, 0.29) is 11.8 Å². The third kappa shape index (κ3) is 8.72. The third-order valence-corrected chi connectivity index (χ3v) is 8.45. The molecule has 0 radical (unpaired) electrons. The fourth-order valence-electron chi connectivity index (χ4n) is 6.32. The average molecular weight is 459 g/mol. The summed E-state index contributed by atoms with van der Waals surface area (Å²) in [6.45, 7) is 4.32. The van der Waals surface area contributed by atoms with Gasteiger partial charge in [-0.15, -0.1) is 0 Å². The number of hydrogen-bond donors (Lipinski definition) is 0. The molecule has 0 aliphatic heterocycles. The van der Waals surface area contributed by atoms with Crippen molar-refractivity contribution in [1.29, 1.82) is 0 Å². The first-order valence-electron chi connectivity index (χ1n) is 14.1. The van der Waals surface area contributed by atoms with Crippen LogP contribution in [0.25, 0.3) is 0 Å². The minimum atomic E-state index is -0.272. The van der Waals surface area contributed by atoms with Crippen LogP contribution in [0.15, 0.2) is 18.2 Å². The molecule has 1 aromatic rings. The molecule has 2 saturated carbocycles. The lowest BCUT2D eigenvalue weighted by molar-refractivity contribution is -0.134. The van der Waals surface area contributed by atoms with E-state index in [9.17, 15) is 9.18 Å². The molecular weight excluding hydrogens is 411 g/mol. The zero-order valence-electron chi connectivity index (χ0n) is 21.3. The van der Waals surface area contributed by atoms with Crippen molar-refractivity contribution < 1.29 is 13.9 Å². The predicted molar refractivity (Wildman–Crippen MR) is 135 cm³/mol. The van der Waals surface area contributed by atoms with Gasteiger partial charge in [0.1, 0.15) is 11.6 Å². The van der Waals surface area contributed by atoms with Gasteiger partial charge in [-0.3, -0.25) is 4.79 Å². The molecule has 3 rings (SSSR count). The summed E-state index contributed by atoms with van der Waals surface area (Å²) >= 11 is 0. The maximum atomic E-state index is 14.1. The number of unbranched alkanes of at least 4 members (excludes halogenated alkanes) is 3. The SMILES string of the molecule is CCCCCC[C@H]1CC[C@H](C2CCC(CCC(=O)Oc3ccc(CCC)c(F)c3)CC2)CC1. The number of carbonyl (C=O) groups is 1. The van der Waals surface area contributed by atoms with Gasteiger partial charge in [0, 0.05) is 12.5 Å². The van der Waals surface area contributed by atoms with Crippen molar-refractivity contribution >= 4 is 5.97 Å². The number of ether oxygens (including phenoxy) is 1. The summed E-state index contributed by atoms with van der Waals surface area (Å²) in [6, 6.07) is 4.81. The summed E-state index contributed by atoms with van der Waals surface area (Å²) in [5.41, 5.74) is 0.689. The number of benzene rings is 1. The lowest BCUT2D eigenvalue weighted by atomic mass is 9.68. The molecule has 0 unspecified atom stereocenters. The van der Waals surface area contributed by atoms with Crippen LogP contribution in [0.2, 0.25) is 0 Å². The van der Waals surface area contributed by atoms with E-state index >= 15 is 0 Å². The molecule has 186 valence electrons. The number of hydrogen-bond acceptors (Lipinski definition) is 2. The van der Waals surface area contributed by atoms with Gasteiger partial charge in [-0.05, 0) is 73.8 Å². The number of rotatable bonds is 12. The van der Waals surface area contributed by atoms with Crippen LogP contribution in [0.4, 0.5) is 4.39 Å². The van der Waals surface area contributed by atoms with Crippen molar-refractivity contribution in [1.82, 2.24) is 0 Å². The van der Waals surface area contributed by atoms with Gasteiger partial charge in [-0.1, -0.05) is 84.1 Å². The zero-order valence-corrected chi connectivity index (χ0v) is 21.3. The summed E-state index contributed by atoms with van der Waals surface area (Å²) in [5.74, 6) is 3.35. The van der Waals surface area contributed by atoms with Gasteiger partial charge in [-0.2, -0.15) is 0 Å². The van der Waals surface area contributed by atoms with Crippen molar-refractivity contribution in [2.24, 2.45) is 23.7 Å². The van der Waals surface area contributed by atoms with Gasteiger partial charge in [0.15, 0.2) is 0 Å². The van der Waals surface area contributed by atoms with Crippen molar-refractivity contribution in [3.63, 3.8) is 0 Å². The number of aryl methyl sites for hydroxylation is 1. The normalized spacial score (nSPS) is 25.7. The monoisotopic (exact) mass is 458 g/mol. The lowest BCUT2D eigenvalue weighted by Crippen LogP contribution is -2.26. The second-order valence-electron chi connectivity index (χ2n) is 10.9. The molecule has 0 bridgehead atoms. The van der Waals surface area contributed by atoms with Crippen molar-refractivity contribution in [2.75, 3.05) is 0 Å². The number of esters is 1. The molecule has 0 N–H and O–H groups in total. The summed E-state index contributed by atoms with van der Waals surface area (Å²) in [6.07, 6.45) is 21.1. The highest BCUT2D eigenvalue weighted by Crippen LogP contribution is 2.43. The van der Waals surface area contributed by atoms with Gasteiger partial charge in [-0.25, -0.2) is 4.39 Å². The topological polar surface area (TPSA) is 26.3 Å². The Labute approximate surface area is 202 Å². The molecule has 2 aliphatic carbocycles. The highest BCUT2D eigenvalue weighted by molar-refractivity contribution is 5.72. The Morgan fingerprint density at radius 3 is 2.06 bits per heavy atom. The second-order valence-corrected chi connectivity index (χ2v) is 10.9. The Morgan fingerprint density at radius 2 is 1.48 bits per heavy atom. The van der Waals surface area contributed by atoms with Crippen LogP contribution in [0, 0.1) is 29.5 Å². The lowest BCUT2D eigenvalue weighted by Gasteiger charge is -2.38. The molecule has 2 aliphatic rings. The molecule has 0 saturated heterocycles. The smallest absolute Gasteiger partial charge is 0.311 e. The predicted octanol–water partition coefficient (Wildman–Crippen LogP) is 9.05. The number of halogens is 1. The standard InChI is InChI=1S/C30H47FO2/c1-3-5-6-7-9-23-10-15-25(16-11-23)26-17-12-24(13-18-26)14-21-30(32)33-28-20-19-27(8-4-2)29(31)22-28/h19-20,22-26H,3-18,21H2,1-2H3/t23-,24?,25-,26?. The highest BCUT2D eigenvalue weighted by Gasteiger charge is 2.30. The molecule has 2 nitrogen and oxygen atoms in total. The van der Waals surface area contributed by atoms with E-state index in [0.717, 1.165) is 30.6 Å². The van der Waals surface area contributed by atoms with E-state index in [1.165, 1.54) is 89.5 Å². The molecule has 3 heteroatoms.